The van der Waals surface area contributed by atoms with Crippen molar-refractivity contribution in [1.29, 1.82) is 0 Å². The van der Waals surface area contributed by atoms with E-state index < -0.39 is 0 Å². The number of hydrogen-bond acceptors (Lipinski definition) is 5. The quantitative estimate of drug-likeness (QED) is 0.699. The lowest BCUT2D eigenvalue weighted by Crippen LogP contribution is -1.80. The summed E-state index contributed by atoms with van der Waals surface area (Å²) in [6.07, 6.45) is 3.22. The van der Waals surface area contributed by atoms with Crippen molar-refractivity contribution in [2.75, 3.05) is 0 Å². The Morgan fingerprint density at radius 3 is 2.83 bits per heavy atom. The highest BCUT2D eigenvalue weighted by atomic mass is 35.5. The highest BCUT2D eigenvalue weighted by Crippen LogP contribution is 2.20. The lowest BCUT2D eigenvalue weighted by molar-refractivity contribution is 1.03. The summed E-state index contributed by atoms with van der Waals surface area (Å²) in [5.74, 6) is 0. The maximum absolute atomic E-state index is 5.56. The van der Waals surface area contributed by atoms with Gasteiger partial charge in [-0.2, -0.15) is 14.6 Å². The third-order valence-electron chi connectivity index (χ3n) is 1.23. The third kappa shape index (κ3) is 1.41. The summed E-state index contributed by atoms with van der Waals surface area (Å²) in [6.45, 7) is 0. The van der Waals surface area contributed by atoms with Crippen molar-refractivity contribution in [2.45, 2.75) is 0 Å². The minimum Gasteiger partial charge on any atom is -0.204 e. The minimum absolute atomic E-state index is 0.270. The predicted octanol–water partition coefficient (Wildman–Crippen LogP) is 1.65. The number of hydrogen-bond donors (Lipinski definition) is 0. The normalized spacial score (nSPS) is 10.1. The molecule has 0 aromatic carbocycles. The second-order valence-electron chi connectivity index (χ2n) is 2.00. The molecule has 0 aliphatic heterocycles. The largest absolute Gasteiger partial charge is 0.234 e. The second-order valence-corrected chi connectivity index (χ2v) is 3.09. The average molecular weight is 199 g/mol. The van der Waals surface area contributed by atoms with Crippen molar-refractivity contribution >= 4 is 23.1 Å². The van der Waals surface area contributed by atoms with Crippen LogP contribution in [0.15, 0.2) is 18.5 Å². The van der Waals surface area contributed by atoms with Crippen LogP contribution < -0.4 is 0 Å². The van der Waals surface area contributed by atoms with E-state index in [1.165, 1.54) is 11.5 Å². The fourth-order valence-corrected chi connectivity index (χ4v) is 1.53. The molecular formula is C6H3ClN4S. The molecule has 0 amide bonds. The molecule has 0 N–H and O–H groups in total. The van der Waals surface area contributed by atoms with E-state index in [2.05, 4.69) is 19.6 Å². The van der Waals surface area contributed by atoms with Gasteiger partial charge in [-0.15, -0.1) is 0 Å². The topological polar surface area (TPSA) is 51.6 Å². The highest BCUT2D eigenvalue weighted by molar-refractivity contribution is 7.09. The molecule has 2 rings (SSSR count). The van der Waals surface area contributed by atoms with Crippen LogP contribution in [0.3, 0.4) is 0 Å². The van der Waals surface area contributed by atoms with Crippen LogP contribution in [0.1, 0.15) is 0 Å². The maximum atomic E-state index is 5.56. The van der Waals surface area contributed by atoms with E-state index in [-0.39, 0.29) is 5.28 Å². The summed E-state index contributed by atoms with van der Waals surface area (Å²) in [4.78, 5) is 3.99. The summed E-state index contributed by atoms with van der Waals surface area (Å²) < 4.78 is 3.84. The summed E-state index contributed by atoms with van der Waals surface area (Å²) in [5, 5.41) is 8.40. The monoisotopic (exact) mass is 198 g/mol. The van der Waals surface area contributed by atoms with Gasteiger partial charge in [-0.05, 0) is 29.2 Å². The van der Waals surface area contributed by atoms with Crippen molar-refractivity contribution < 1.29 is 0 Å². The summed E-state index contributed by atoms with van der Waals surface area (Å²) in [6, 6.07) is 1.81. The van der Waals surface area contributed by atoms with E-state index in [0.717, 1.165) is 10.6 Å². The molecule has 0 spiro atoms. The van der Waals surface area contributed by atoms with Gasteiger partial charge in [0.25, 0.3) is 0 Å². The van der Waals surface area contributed by atoms with Gasteiger partial charge in [0, 0.05) is 5.56 Å². The van der Waals surface area contributed by atoms with Gasteiger partial charge in [0.15, 0.2) is 0 Å². The van der Waals surface area contributed by atoms with Crippen LogP contribution in [0.2, 0.25) is 5.28 Å². The summed E-state index contributed by atoms with van der Waals surface area (Å²) in [5.41, 5.74) is 0.884. The van der Waals surface area contributed by atoms with Gasteiger partial charge in [0.2, 0.25) is 5.28 Å². The molecular weight excluding hydrogens is 196 g/mol. The predicted molar refractivity (Wildman–Crippen MR) is 45.9 cm³/mol. The molecule has 0 aliphatic carbocycles. The van der Waals surface area contributed by atoms with E-state index in [1.54, 1.807) is 12.4 Å². The zero-order valence-electron chi connectivity index (χ0n) is 5.81. The Morgan fingerprint density at radius 2 is 2.25 bits per heavy atom. The molecule has 2 aromatic rings. The molecule has 2 heterocycles. The third-order valence-corrected chi connectivity index (χ3v) is 2.27. The molecule has 12 heavy (non-hydrogen) atoms. The van der Waals surface area contributed by atoms with Crippen LogP contribution in [0.4, 0.5) is 0 Å². The van der Waals surface area contributed by atoms with E-state index in [0.29, 0.717) is 0 Å². The van der Waals surface area contributed by atoms with E-state index in [1.807, 2.05) is 6.07 Å². The Balaban J connectivity index is 2.45. The smallest absolute Gasteiger partial charge is 0.204 e. The molecule has 60 valence electrons. The molecule has 0 radical (unpaired) electrons. The first-order valence-electron chi connectivity index (χ1n) is 3.12. The van der Waals surface area contributed by atoms with Gasteiger partial charge < -0.3 is 0 Å². The molecule has 4 nitrogen and oxygen atoms in total. The Hall–Kier alpha value is -1.07. The molecule has 0 unspecified atom stereocenters. The van der Waals surface area contributed by atoms with Crippen molar-refractivity contribution in [3.63, 3.8) is 0 Å². The molecule has 0 bridgehead atoms. The highest BCUT2D eigenvalue weighted by Gasteiger charge is 2.03. The number of aromatic nitrogens is 4. The fourth-order valence-electron chi connectivity index (χ4n) is 0.740. The van der Waals surface area contributed by atoms with E-state index >= 15 is 0 Å². The van der Waals surface area contributed by atoms with Gasteiger partial charge in [-0.3, -0.25) is 0 Å². The molecule has 2 aromatic heterocycles. The van der Waals surface area contributed by atoms with Crippen molar-refractivity contribution in [3.8, 4) is 10.6 Å². The first kappa shape index (κ1) is 7.57. The number of rotatable bonds is 1. The Labute approximate surface area is 77.4 Å². The van der Waals surface area contributed by atoms with Crippen LogP contribution in [0, 0.1) is 0 Å². The molecule has 0 saturated carbocycles. The lowest BCUT2D eigenvalue weighted by atomic mass is 10.3. The van der Waals surface area contributed by atoms with Gasteiger partial charge in [-0.25, -0.2) is 4.98 Å². The maximum Gasteiger partial charge on any atom is 0.234 e. The molecule has 0 saturated heterocycles. The van der Waals surface area contributed by atoms with Crippen molar-refractivity contribution in [2.24, 2.45) is 0 Å². The summed E-state index contributed by atoms with van der Waals surface area (Å²) >= 11 is 6.80. The first-order valence-corrected chi connectivity index (χ1v) is 4.27. The van der Waals surface area contributed by atoms with Crippen molar-refractivity contribution in [3.05, 3.63) is 23.7 Å². The fraction of sp³-hybridized carbons (Fsp3) is 0. The van der Waals surface area contributed by atoms with E-state index in [9.17, 15) is 0 Å². The minimum atomic E-state index is 0.270. The van der Waals surface area contributed by atoms with Crippen molar-refractivity contribution in [1.82, 2.24) is 19.6 Å². The van der Waals surface area contributed by atoms with Crippen LogP contribution in [0.25, 0.3) is 10.6 Å². The Kier molecular flexibility index (Phi) is 1.97. The number of halogens is 1. The Morgan fingerprint density at radius 1 is 1.33 bits per heavy atom. The van der Waals surface area contributed by atoms with Crippen LogP contribution in [-0.2, 0) is 0 Å². The molecule has 0 aliphatic rings. The molecule has 0 atom stereocenters. The van der Waals surface area contributed by atoms with Crippen LogP contribution in [-0.4, -0.2) is 19.6 Å². The molecule has 0 fully saturated rings. The van der Waals surface area contributed by atoms with Crippen LogP contribution >= 0.6 is 23.1 Å². The van der Waals surface area contributed by atoms with E-state index in [4.69, 9.17) is 11.6 Å². The van der Waals surface area contributed by atoms with Gasteiger partial charge in [-0.1, -0.05) is 0 Å². The van der Waals surface area contributed by atoms with Crippen LogP contribution in [0.5, 0.6) is 0 Å². The number of nitrogens with zero attached hydrogens (tertiary/aromatic N) is 4. The van der Waals surface area contributed by atoms with Gasteiger partial charge >= 0.3 is 0 Å². The standard InChI is InChI=1S/C6H3ClN4S/c7-6-10-5(12-11-6)4-1-2-8-9-3-4/h1-3H. The zero-order chi connectivity index (χ0) is 8.39. The Bertz CT molecular complexity index is 374. The first-order chi connectivity index (χ1) is 5.86. The zero-order valence-corrected chi connectivity index (χ0v) is 7.38. The summed E-state index contributed by atoms with van der Waals surface area (Å²) in [7, 11) is 0. The molecule has 6 heteroatoms. The SMILES string of the molecule is Clc1nsc(-c2ccnnc2)n1. The van der Waals surface area contributed by atoms with Gasteiger partial charge in [0.1, 0.15) is 5.01 Å². The lowest BCUT2D eigenvalue weighted by Gasteiger charge is -1.89. The van der Waals surface area contributed by atoms with Gasteiger partial charge in [0.05, 0.1) is 12.4 Å². The average Bonchev–Trinajstić information content (AvgIpc) is 2.54. The second kappa shape index (κ2) is 3.12.